The lowest BCUT2D eigenvalue weighted by Gasteiger charge is -2.33. The van der Waals surface area contributed by atoms with Gasteiger partial charge < -0.3 is 20.4 Å². The van der Waals surface area contributed by atoms with E-state index in [1.54, 1.807) is 12.1 Å². The molecule has 2 aliphatic rings. The highest BCUT2D eigenvalue weighted by molar-refractivity contribution is 14.0. The Morgan fingerprint density at radius 2 is 1.91 bits per heavy atom. The molecular formula is C24H34FIN6. The number of aromatic nitrogens is 1. The lowest BCUT2D eigenvalue weighted by atomic mass is 9.96. The highest BCUT2D eigenvalue weighted by atomic mass is 127. The third-order valence-corrected chi connectivity index (χ3v) is 6.29. The van der Waals surface area contributed by atoms with E-state index < -0.39 is 0 Å². The summed E-state index contributed by atoms with van der Waals surface area (Å²) in [5.74, 6) is 1.65. The molecule has 8 heteroatoms. The van der Waals surface area contributed by atoms with Gasteiger partial charge in [-0.15, -0.1) is 24.0 Å². The predicted octanol–water partition coefficient (Wildman–Crippen LogP) is 3.38. The zero-order valence-corrected chi connectivity index (χ0v) is 21.3. The van der Waals surface area contributed by atoms with Crippen molar-refractivity contribution < 1.29 is 4.39 Å². The molecule has 2 N–H and O–H groups in total. The minimum Gasteiger partial charge on any atom is -0.357 e. The maximum absolute atomic E-state index is 13.7. The summed E-state index contributed by atoms with van der Waals surface area (Å²) < 4.78 is 13.7. The summed E-state index contributed by atoms with van der Waals surface area (Å²) in [6.45, 7) is 8.35. The molecule has 1 aromatic carbocycles. The molecule has 6 nitrogen and oxygen atoms in total. The number of benzene rings is 1. The highest BCUT2D eigenvalue weighted by Crippen LogP contribution is 2.47. The van der Waals surface area contributed by atoms with Gasteiger partial charge in [0.1, 0.15) is 11.6 Å². The molecule has 1 aromatic heterocycles. The van der Waals surface area contributed by atoms with E-state index >= 15 is 0 Å². The molecular weight excluding hydrogens is 518 g/mol. The van der Waals surface area contributed by atoms with Crippen LogP contribution in [-0.4, -0.2) is 62.2 Å². The number of nitrogens with zero attached hydrogens (tertiary/aromatic N) is 4. The number of anilines is 1. The number of pyridine rings is 1. The molecule has 2 heterocycles. The molecule has 174 valence electrons. The molecule has 0 bridgehead atoms. The van der Waals surface area contributed by atoms with Gasteiger partial charge in [-0.1, -0.05) is 18.2 Å². The van der Waals surface area contributed by atoms with Crippen molar-refractivity contribution in [2.45, 2.75) is 31.7 Å². The Morgan fingerprint density at radius 3 is 2.53 bits per heavy atom. The maximum Gasteiger partial charge on any atom is 0.191 e. The van der Waals surface area contributed by atoms with E-state index in [1.165, 1.54) is 6.07 Å². The fourth-order valence-electron chi connectivity index (χ4n) is 4.03. The van der Waals surface area contributed by atoms with E-state index in [1.807, 2.05) is 12.3 Å². The quantitative estimate of drug-likeness (QED) is 0.314. The summed E-state index contributed by atoms with van der Waals surface area (Å²) in [7, 11) is 2.16. The molecule has 32 heavy (non-hydrogen) atoms. The predicted molar refractivity (Wildman–Crippen MR) is 139 cm³/mol. The normalized spacial score (nSPS) is 18.1. The summed E-state index contributed by atoms with van der Waals surface area (Å²) >= 11 is 0. The van der Waals surface area contributed by atoms with Crippen LogP contribution >= 0.6 is 24.0 Å². The van der Waals surface area contributed by atoms with Crippen molar-refractivity contribution in [3.05, 3.63) is 59.5 Å². The van der Waals surface area contributed by atoms with Crippen molar-refractivity contribution in [1.82, 2.24) is 20.5 Å². The van der Waals surface area contributed by atoms with E-state index in [0.29, 0.717) is 6.54 Å². The van der Waals surface area contributed by atoms with Crippen LogP contribution in [-0.2, 0) is 12.0 Å². The van der Waals surface area contributed by atoms with Gasteiger partial charge in [-0.05, 0) is 56.1 Å². The van der Waals surface area contributed by atoms with Crippen LogP contribution in [0.4, 0.5) is 10.2 Å². The summed E-state index contributed by atoms with van der Waals surface area (Å²) in [6.07, 6.45) is 4.07. The zero-order valence-electron chi connectivity index (χ0n) is 19.0. The first-order valence-electron chi connectivity index (χ1n) is 11.2. The fourth-order valence-corrected chi connectivity index (χ4v) is 4.03. The number of halogens is 2. The van der Waals surface area contributed by atoms with Crippen LogP contribution in [0.2, 0.25) is 0 Å². The molecule has 0 amide bonds. The topological polar surface area (TPSA) is 55.8 Å². The van der Waals surface area contributed by atoms with E-state index in [0.717, 1.165) is 75.0 Å². The summed E-state index contributed by atoms with van der Waals surface area (Å²) in [5.41, 5.74) is 2.17. The number of hydrogen-bond donors (Lipinski definition) is 2. The van der Waals surface area contributed by atoms with Crippen LogP contribution in [0.3, 0.4) is 0 Å². The maximum atomic E-state index is 13.7. The van der Waals surface area contributed by atoms with Gasteiger partial charge >= 0.3 is 0 Å². The number of nitrogens with one attached hydrogen (secondary N) is 2. The number of piperazine rings is 1. The monoisotopic (exact) mass is 552 g/mol. The molecule has 1 saturated carbocycles. The molecule has 4 rings (SSSR count). The second-order valence-corrected chi connectivity index (χ2v) is 8.65. The van der Waals surface area contributed by atoms with Gasteiger partial charge in [-0.25, -0.2) is 14.4 Å². The van der Waals surface area contributed by atoms with Gasteiger partial charge in [0.2, 0.25) is 0 Å². The van der Waals surface area contributed by atoms with Crippen molar-refractivity contribution in [3.8, 4) is 0 Å². The lowest BCUT2D eigenvalue weighted by molar-refractivity contribution is 0.312. The van der Waals surface area contributed by atoms with E-state index in [-0.39, 0.29) is 35.2 Å². The first-order chi connectivity index (χ1) is 15.1. The minimum atomic E-state index is -0.170. The molecule has 2 aromatic rings. The summed E-state index contributed by atoms with van der Waals surface area (Å²) in [6, 6.07) is 11.2. The summed E-state index contributed by atoms with van der Waals surface area (Å²) in [5, 5.41) is 6.78. The number of aliphatic imine (C=N–C) groups is 1. The first kappa shape index (κ1) is 24.7. The lowest BCUT2D eigenvalue weighted by Crippen LogP contribution is -2.44. The Hall–Kier alpha value is -1.94. The third kappa shape index (κ3) is 6.31. The molecule has 0 unspecified atom stereocenters. The number of likely N-dealkylation sites (N-methyl/N-ethyl adjacent to an activating group) is 1. The standard InChI is InChI=1S/C24H33FN6.HI/c1-3-26-23(29-18-24(9-10-24)20-5-4-6-21(25)15-20)28-17-19-7-8-22(27-16-19)31-13-11-30(2)12-14-31;/h4-8,15-16H,3,9-14,17-18H2,1-2H3,(H2,26,28,29);1H. The van der Waals surface area contributed by atoms with Crippen molar-refractivity contribution in [2.24, 2.45) is 4.99 Å². The Bertz CT molecular complexity index is 892. The average molecular weight is 552 g/mol. The molecule has 1 aliphatic heterocycles. The van der Waals surface area contributed by atoms with Crippen LogP contribution in [0.5, 0.6) is 0 Å². The van der Waals surface area contributed by atoms with Crippen LogP contribution in [0.1, 0.15) is 30.9 Å². The van der Waals surface area contributed by atoms with E-state index in [2.05, 4.69) is 51.5 Å². The zero-order chi connectivity index (χ0) is 21.7. The summed E-state index contributed by atoms with van der Waals surface area (Å²) in [4.78, 5) is 14.1. The van der Waals surface area contributed by atoms with E-state index in [4.69, 9.17) is 4.99 Å². The van der Waals surface area contributed by atoms with Crippen LogP contribution in [0.15, 0.2) is 47.6 Å². The number of rotatable bonds is 7. The average Bonchev–Trinajstić information content (AvgIpc) is 3.58. The van der Waals surface area contributed by atoms with Crippen molar-refractivity contribution in [3.63, 3.8) is 0 Å². The van der Waals surface area contributed by atoms with Gasteiger partial charge in [0.15, 0.2) is 5.96 Å². The fraction of sp³-hybridized carbons (Fsp3) is 0.500. The van der Waals surface area contributed by atoms with Crippen LogP contribution in [0.25, 0.3) is 0 Å². The minimum absolute atomic E-state index is 0. The Morgan fingerprint density at radius 1 is 1.12 bits per heavy atom. The van der Waals surface area contributed by atoms with E-state index in [9.17, 15) is 4.39 Å². The first-order valence-corrected chi connectivity index (χ1v) is 11.2. The molecule has 2 fully saturated rings. The molecule has 0 atom stereocenters. The molecule has 1 saturated heterocycles. The third-order valence-electron chi connectivity index (χ3n) is 6.29. The van der Waals surface area contributed by atoms with Gasteiger partial charge in [0.25, 0.3) is 0 Å². The number of guanidine groups is 1. The largest absolute Gasteiger partial charge is 0.357 e. The molecule has 1 aliphatic carbocycles. The molecule has 0 radical (unpaired) electrons. The SMILES string of the molecule is CCNC(=NCc1ccc(N2CCN(C)CC2)nc1)NCC1(c2cccc(F)c2)CC1.I. The second-order valence-electron chi connectivity index (χ2n) is 8.65. The van der Waals surface area contributed by atoms with Gasteiger partial charge in [-0.2, -0.15) is 0 Å². The highest BCUT2D eigenvalue weighted by Gasteiger charge is 2.44. The Labute approximate surface area is 207 Å². The van der Waals surface area contributed by atoms with Crippen molar-refractivity contribution in [2.75, 3.05) is 51.2 Å². The van der Waals surface area contributed by atoms with Gasteiger partial charge in [0.05, 0.1) is 6.54 Å². The smallest absolute Gasteiger partial charge is 0.191 e. The number of hydrogen-bond acceptors (Lipinski definition) is 4. The van der Waals surface area contributed by atoms with Gasteiger partial charge in [0, 0.05) is 50.9 Å². The Balaban J connectivity index is 0.00000289. The van der Waals surface area contributed by atoms with Crippen LogP contribution < -0.4 is 15.5 Å². The van der Waals surface area contributed by atoms with Crippen LogP contribution in [0, 0.1) is 5.82 Å². The van der Waals surface area contributed by atoms with Crippen molar-refractivity contribution in [1.29, 1.82) is 0 Å². The Kier molecular flexibility index (Phi) is 8.70. The van der Waals surface area contributed by atoms with Gasteiger partial charge in [-0.3, -0.25) is 0 Å². The second kappa shape index (κ2) is 11.3. The van der Waals surface area contributed by atoms with Crippen molar-refractivity contribution >= 4 is 35.8 Å². The molecule has 0 spiro atoms.